The van der Waals surface area contributed by atoms with Crippen LogP contribution in [0.1, 0.15) is 11.1 Å². The summed E-state index contributed by atoms with van der Waals surface area (Å²) in [5.74, 6) is -8.28. The Labute approximate surface area is 240 Å². The quantitative estimate of drug-likeness (QED) is 0.113. The van der Waals surface area contributed by atoms with E-state index in [0.717, 1.165) is 30.3 Å². The number of carbonyl (C=O) groups excluding carboxylic acids is 1. The Morgan fingerprint density at radius 3 is 1.74 bits per heavy atom. The number of rotatable bonds is 6. The van der Waals surface area contributed by atoms with Crippen molar-refractivity contribution in [2.45, 2.75) is 6.42 Å². The second-order valence-electron chi connectivity index (χ2n) is 9.36. The maximum atomic E-state index is 14.9. The molecule has 0 aliphatic rings. The van der Waals surface area contributed by atoms with Crippen LogP contribution in [0.15, 0.2) is 84.9 Å². The molecule has 43 heavy (non-hydrogen) atoms. The molecule has 0 unspecified atom stereocenters. The fraction of sp³-hybridized carbons (Fsp3) is 0.0303. The monoisotopic (exact) mass is 591 g/mol. The van der Waals surface area contributed by atoms with Crippen LogP contribution in [0.5, 0.6) is 5.75 Å². The molecule has 3 nitrogen and oxygen atoms in total. The Morgan fingerprint density at radius 1 is 0.605 bits per heavy atom. The maximum Gasteiger partial charge on any atom is 0.315 e. The first kappa shape index (κ1) is 29.1. The van der Waals surface area contributed by atoms with E-state index in [2.05, 4.69) is 0 Å². The minimum Gasteiger partial charge on any atom is -0.426 e. The summed E-state index contributed by atoms with van der Waals surface area (Å²) in [4.78, 5) is 12.4. The fourth-order valence-electron chi connectivity index (χ4n) is 4.49. The van der Waals surface area contributed by atoms with E-state index in [-0.39, 0.29) is 34.4 Å². The summed E-state index contributed by atoms with van der Waals surface area (Å²) < 4.78 is 106. The van der Waals surface area contributed by atoms with E-state index in [9.17, 15) is 35.5 Å². The molecule has 0 saturated heterocycles. The summed E-state index contributed by atoms with van der Waals surface area (Å²) in [5, 5.41) is 8.79. The van der Waals surface area contributed by atoms with Gasteiger partial charge in [-0.25, -0.2) is 30.7 Å². The van der Waals surface area contributed by atoms with Gasteiger partial charge in [0.2, 0.25) is 0 Å². The molecule has 0 aromatic heterocycles. The molecule has 5 rings (SSSR count). The van der Waals surface area contributed by atoms with Crippen molar-refractivity contribution in [3.8, 4) is 45.2 Å². The number of hydrogen-bond donors (Lipinski definition) is 0. The Kier molecular flexibility index (Phi) is 7.99. The van der Waals surface area contributed by atoms with Gasteiger partial charge < -0.3 is 4.74 Å². The molecule has 10 heteroatoms. The lowest BCUT2D eigenvalue weighted by Gasteiger charge is -2.11. The van der Waals surface area contributed by atoms with Crippen LogP contribution in [0, 0.1) is 52.1 Å². The summed E-state index contributed by atoms with van der Waals surface area (Å²) in [6.45, 7) is 0. The molecule has 0 amide bonds. The Balaban J connectivity index is 1.32. The zero-order chi connectivity index (χ0) is 30.8. The number of nitrogens with zero attached hydrogens (tertiary/aromatic N) is 1. The van der Waals surface area contributed by atoms with Gasteiger partial charge >= 0.3 is 5.97 Å². The third kappa shape index (κ3) is 6.11. The van der Waals surface area contributed by atoms with Gasteiger partial charge in [-0.05, 0) is 76.9 Å². The topological polar surface area (TPSA) is 50.1 Å². The third-order valence-electron chi connectivity index (χ3n) is 6.51. The van der Waals surface area contributed by atoms with E-state index in [1.54, 1.807) is 0 Å². The lowest BCUT2D eigenvalue weighted by molar-refractivity contribution is -0.133. The molecule has 0 spiro atoms. The Hall–Kier alpha value is -5.43. The summed E-state index contributed by atoms with van der Waals surface area (Å²) in [6, 6.07) is 16.4. The molecule has 0 aliphatic carbocycles. The van der Waals surface area contributed by atoms with E-state index in [0.29, 0.717) is 17.7 Å². The van der Waals surface area contributed by atoms with E-state index >= 15 is 0 Å². The van der Waals surface area contributed by atoms with E-state index in [4.69, 9.17) is 10.00 Å². The predicted molar refractivity (Wildman–Crippen MR) is 143 cm³/mol. The number of hydrogen-bond acceptors (Lipinski definition) is 3. The first-order valence-corrected chi connectivity index (χ1v) is 12.5. The molecule has 0 radical (unpaired) electrons. The molecular weight excluding hydrogens is 575 g/mol. The van der Waals surface area contributed by atoms with Crippen molar-refractivity contribution in [2.75, 3.05) is 0 Å². The smallest absolute Gasteiger partial charge is 0.315 e. The normalized spacial score (nSPS) is 10.8. The van der Waals surface area contributed by atoms with Crippen LogP contribution in [0.25, 0.3) is 33.4 Å². The average molecular weight is 591 g/mol. The lowest BCUT2D eigenvalue weighted by atomic mass is 9.97. The van der Waals surface area contributed by atoms with E-state index < -0.39 is 63.4 Å². The molecule has 0 fully saturated rings. The molecule has 0 bridgehead atoms. The van der Waals surface area contributed by atoms with Crippen LogP contribution in [0.4, 0.5) is 30.7 Å². The number of carbonyl (C=O) groups is 1. The van der Waals surface area contributed by atoms with E-state index in [1.165, 1.54) is 48.5 Å². The fourth-order valence-corrected chi connectivity index (χ4v) is 4.49. The third-order valence-corrected chi connectivity index (χ3v) is 6.51. The van der Waals surface area contributed by atoms with Gasteiger partial charge in [-0.1, -0.05) is 24.3 Å². The van der Waals surface area contributed by atoms with Gasteiger partial charge in [0.25, 0.3) is 0 Å². The molecule has 5 aromatic carbocycles. The van der Waals surface area contributed by atoms with Crippen LogP contribution in [0.3, 0.4) is 0 Å². The molecule has 214 valence electrons. The van der Waals surface area contributed by atoms with Crippen LogP contribution < -0.4 is 4.74 Å². The number of esters is 1. The van der Waals surface area contributed by atoms with Crippen LogP contribution >= 0.6 is 0 Å². The lowest BCUT2D eigenvalue weighted by Crippen LogP contribution is -2.11. The molecular formula is C33H16F7NO2. The number of benzene rings is 5. The minimum absolute atomic E-state index is 0.201. The zero-order valence-corrected chi connectivity index (χ0v) is 21.7. The first-order valence-electron chi connectivity index (χ1n) is 12.5. The standard InChI is InChI=1S/C33H16F7NO2/c34-21-4-2-18(3-5-21)23-7-1-17(9-26(23)35)10-32(42)43-22-6-8-24(29(38)15-22)19-11-30(39)33(31(40)12-19)20-13-27(36)25(16-41)28(37)14-20/h1-9,11-15H,10H2. The summed E-state index contributed by atoms with van der Waals surface area (Å²) in [5.41, 5.74) is -1.79. The molecule has 0 atom stereocenters. The molecule has 0 saturated carbocycles. The van der Waals surface area contributed by atoms with Crippen LogP contribution in [-0.2, 0) is 11.2 Å². The van der Waals surface area contributed by atoms with Crippen molar-refractivity contribution in [3.05, 3.63) is 137 Å². The van der Waals surface area contributed by atoms with Gasteiger partial charge in [0.15, 0.2) is 0 Å². The van der Waals surface area contributed by atoms with Gasteiger partial charge in [0, 0.05) is 17.2 Å². The molecule has 0 N–H and O–H groups in total. The highest BCUT2D eigenvalue weighted by molar-refractivity contribution is 5.77. The average Bonchev–Trinajstić information content (AvgIpc) is 2.93. The Bertz CT molecular complexity index is 1890. The first-order chi connectivity index (χ1) is 20.5. The van der Waals surface area contributed by atoms with Gasteiger partial charge in [-0.15, -0.1) is 0 Å². The van der Waals surface area contributed by atoms with Gasteiger partial charge in [-0.2, -0.15) is 5.26 Å². The number of halogens is 7. The molecule has 5 aromatic rings. The minimum atomic E-state index is -1.30. The van der Waals surface area contributed by atoms with E-state index in [1.807, 2.05) is 0 Å². The van der Waals surface area contributed by atoms with Crippen molar-refractivity contribution >= 4 is 5.97 Å². The van der Waals surface area contributed by atoms with Crippen molar-refractivity contribution in [2.24, 2.45) is 0 Å². The largest absolute Gasteiger partial charge is 0.426 e. The van der Waals surface area contributed by atoms with Crippen molar-refractivity contribution < 1.29 is 40.3 Å². The predicted octanol–water partition coefficient (Wildman–Crippen LogP) is 8.68. The Morgan fingerprint density at radius 2 is 1.16 bits per heavy atom. The number of nitriles is 1. The van der Waals surface area contributed by atoms with Crippen LogP contribution in [0.2, 0.25) is 0 Å². The SMILES string of the molecule is N#Cc1c(F)cc(-c2c(F)cc(-c3ccc(OC(=O)Cc4ccc(-c5ccc(F)cc5)c(F)c4)cc3F)cc2F)cc1F. The highest BCUT2D eigenvalue weighted by atomic mass is 19.2. The zero-order valence-electron chi connectivity index (χ0n) is 21.7. The van der Waals surface area contributed by atoms with Gasteiger partial charge in [-0.3, -0.25) is 4.79 Å². The summed E-state index contributed by atoms with van der Waals surface area (Å²) >= 11 is 0. The van der Waals surface area contributed by atoms with Gasteiger partial charge in [0.05, 0.1) is 12.0 Å². The van der Waals surface area contributed by atoms with Crippen molar-refractivity contribution in [1.29, 1.82) is 5.26 Å². The van der Waals surface area contributed by atoms with Crippen LogP contribution in [-0.4, -0.2) is 5.97 Å². The maximum absolute atomic E-state index is 14.9. The molecule has 0 heterocycles. The van der Waals surface area contributed by atoms with Crippen molar-refractivity contribution in [3.63, 3.8) is 0 Å². The highest BCUT2D eigenvalue weighted by Gasteiger charge is 2.20. The second kappa shape index (κ2) is 11.8. The number of ether oxygens (including phenoxy) is 1. The summed E-state index contributed by atoms with van der Waals surface area (Å²) in [7, 11) is 0. The molecule has 0 aliphatic heterocycles. The summed E-state index contributed by atoms with van der Waals surface area (Å²) in [6.07, 6.45) is -0.363. The van der Waals surface area contributed by atoms with Crippen molar-refractivity contribution in [1.82, 2.24) is 0 Å². The van der Waals surface area contributed by atoms with Gasteiger partial charge in [0.1, 0.15) is 58.1 Å². The second-order valence-corrected chi connectivity index (χ2v) is 9.36. The highest BCUT2D eigenvalue weighted by Crippen LogP contribution is 2.34.